The summed E-state index contributed by atoms with van der Waals surface area (Å²) in [6, 6.07) is 2.06. The number of aromatic nitrogens is 2. The van der Waals surface area contributed by atoms with Gasteiger partial charge in [-0.05, 0) is 18.1 Å². The normalized spacial score (nSPS) is 17.5. The number of benzene rings is 1. The number of hydrogen-bond donors (Lipinski definition) is 2. The minimum atomic E-state index is -4.76. The van der Waals surface area contributed by atoms with Gasteiger partial charge in [-0.3, -0.25) is 0 Å². The molecule has 1 aliphatic rings. The fourth-order valence-electron chi connectivity index (χ4n) is 4.03. The lowest BCUT2D eigenvalue weighted by Crippen LogP contribution is -2.56. The van der Waals surface area contributed by atoms with E-state index in [4.69, 9.17) is 0 Å². The highest BCUT2D eigenvalue weighted by Gasteiger charge is 2.38. The van der Waals surface area contributed by atoms with Gasteiger partial charge in [-0.15, -0.1) is 0 Å². The summed E-state index contributed by atoms with van der Waals surface area (Å²) >= 11 is 0. The molecule has 1 aliphatic heterocycles. The Hall–Kier alpha value is -2.51. The van der Waals surface area contributed by atoms with Crippen LogP contribution >= 0.6 is 0 Å². The summed E-state index contributed by atoms with van der Waals surface area (Å²) in [5.41, 5.74) is -1.66. The van der Waals surface area contributed by atoms with Crippen molar-refractivity contribution >= 4 is 21.5 Å². The first kappa shape index (κ1) is 26.1. The molecule has 0 saturated carbocycles. The molecule has 1 aromatic heterocycles. The highest BCUT2D eigenvalue weighted by molar-refractivity contribution is 7.90. The molecule has 1 unspecified atom stereocenters. The predicted octanol–water partition coefficient (Wildman–Crippen LogP) is 2.37. The molecule has 2 aromatic rings. The molecule has 0 aliphatic carbocycles. The third kappa shape index (κ3) is 5.26. The second-order valence-corrected chi connectivity index (χ2v) is 10.5. The van der Waals surface area contributed by atoms with E-state index in [-0.39, 0.29) is 53.7 Å². The Labute approximate surface area is 194 Å². The van der Waals surface area contributed by atoms with Crippen LogP contribution in [0.2, 0.25) is 0 Å². The van der Waals surface area contributed by atoms with Crippen LogP contribution in [-0.4, -0.2) is 60.5 Å². The molecule has 1 aromatic carbocycles. The predicted molar refractivity (Wildman–Crippen MR) is 117 cm³/mol. The number of rotatable bonds is 6. The Morgan fingerprint density at radius 2 is 1.85 bits per heavy atom. The third-order valence-corrected chi connectivity index (χ3v) is 6.96. The van der Waals surface area contributed by atoms with Gasteiger partial charge in [0, 0.05) is 48.9 Å². The van der Waals surface area contributed by atoms with Crippen LogP contribution in [0.1, 0.15) is 30.7 Å². The van der Waals surface area contributed by atoms with E-state index < -0.39 is 46.3 Å². The molecule has 0 bridgehead atoms. The third-order valence-electron chi connectivity index (χ3n) is 5.80. The largest absolute Gasteiger partial charge is 0.433 e. The average molecular weight is 507 g/mol. The molecule has 2 N–H and O–H groups in total. The second-order valence-electron chi connectivity index (χ2n) is 8.49. The minimum Gasteiger partial charge on any atom is -0.392 e. The van der Waals surface area contributed by atoms with E-state index in [1.54, 1.807) is 9.80 Å². The maximum absolute atomic E-state index is 14.6. The molecule has 13 heteroatoms. The van der Waals surface area contributed by atoms with Gasteiger partial charge in [-0.25, -0.2) is 22.8 Å². The number of nitrogens with zero attached hydrogens (tertiary/aromatic N) is 4. The van der Waals surface area contributed by atoms with Crippen LogP contribution in [0.15, 0.2) is 23.2 Å². The molecule has 3 rings (SSSR count). The Balaban J connectivity index is 1.98. The first-order valence-corrected chi connectivity index (χ1v) is 12.4. The van der Waals surface area contributed by atoms with Crippen molar-refractivity contribution in [3.8, 4) is 0 Å². The molecule has 34 heavy (non-hydrogen) atoms. The summed E-state index contributed by atoms with van der Waals surface area (Å²) < 4.78 is 79.2. The van der Waals surface area contributed by atoms with Crippen molar-refractivity contribution in [2.24, 2.45) is 5.92 Å². The standard InChI is InChI=1S/C21H26F4N4O4S/c1-12(2)17-9-28(14-6-16(22)15(11-31)18(7-14)34(3,32)33)4-5-29(17)20-26-8-13(10-30)19(27-20)21(23,24)25/h6-8,12,17,30-31H,4-5,9-11H2,1-3H3. The van der Waals surface area contributed by atoms with Crippen molar-refractivity contribution in [3.05, 3.63) is 41.0 Å². The molecular weight excluding hydrogens is 480 g/mol. The van der Waals surface area contributed by atoms with E-state index in [0.29, 0.717) is 0 Å². The van der Waals surface area contributed by atoms with Crippen molar-refractivity contribution in [2.45, 2.75) is 44.2 Å². The van der Waals surface area contributed by atoms with Crippen molar-refractivity contribution in [2.75, 3.05) is 35.7 Å². The summed E-state index contributed by atoms with van der Waals surface area (Å²) in [5, 5.41) is 18.7. The van der Waals surface area contributed by atoms with Gasteiger partial charge >= 0.3 is 6.18 Å². The van der Waals surface area contributed by atoms with Gasteiger partial charge in [0.2, 0.25) is 5.95 Å². The zero-order chi connectivity index (χ0) is 25.4. The summed E-state index contributed by atoms with van der Waals surface area (Å²) in [4.78, 5) is 10.8. The number of anilines is 2. The van der Waals surface area contributed by atoms with Crippen molar-refractivity contribution in [1.82, 2.24) is 9.97 Å². The van der Waals surface area contributed by atoms with Crippen LogP contribution in [0.4, 0.5) is 29.2 Å². The van der Waals surface area contributed by atoms with Crippen LogP contribution in [0, 0.1) is 11.7 Å². The fraction of sp³-hybridized carbons (Fsp3) is 0.524. The van der Waals surface area contributed by atoms with Crippen LogP contribution in [0.5, 0.6) is 0 Å². The zero-order valence-electron chi connectivity index (χ0n) is 18.8. The van der Waals surface area contributed by atoms with Gasteiger partial charge in [-0.1, -0.05) is 13.8 Å². The number of aliphatic hydroxyl groups is 2. The SMILES string of the molecule is CC(C)C1CN(c2cc(F)c(CO)c(S(C)(=O)=O)c2)CCN1c1ncc(CO)c(C(F)(F)F)n1. The molecular formula is C21H26F4N4O4S. The first-order chi connectivity index (χ1) is 15.8. The molecule has 2 heterocycles. The number of halogens is 4. The number of hydrogen-bond acceptors (Lipinski definition) is 8. The van der Waals surface area contributed by atoms with Gasteiger partial charge in [-0.2, -0.15) is 13.2 Å². The highest BCUT2D eigenvalue weighted by atomic mass is 32.2. The molecule has 1 atom stereocenters. The van der Waals surface area contributed by atoms with E-state index in [1.165, 1.54) is 6.07 Å². The van der Waals surface area contributed by atoms with E-state index >= 15 is 0 Å². The smallest absolute Gasteiger partial charge is 0.392 e. The molecule has 1 fully saturated rings. The van der Waals surface area contributed by atoms with Crippen LogP contribution in [0.25, 0.3) is 0 Å². The monoisotopic (exact) mass is 506 g/mol. The quantitative estimate of drug-likeness (QED) is 0.576. The van der Waals surface area contributed by atoms with Crippen LogP contribution in [0.3, 0.4) is 0 Å². The topological polar surface area (TPSA) is 107 Å². The Bertz CT molecular complexity index is 1160. The Morgan fingerprint density at radius 3 is 2.38 bits per heavy atom. The number of piperazine rings is 1. The number of sulfone groups is 1. The lowest BCUT2D eigenvalue weighted by atomic mass is 9.99. The molecule has 188 valence electrons. The molecule has 1 saturated heterocycles. The van der Waals surface area contributed by atoms with Crippen LogP contribution < -0.4 is 9.80 Å². The summed E-state index contributed by atoms with van der Waals surface area (Å²) in [5.74, 6) is -1.07. The second kappa shape index (κ2) is 9.62. The minimum absolute atomic E-state index is 0.0748. The maximum atomic E-state index is 14.6. The zero-order valence-corrected chi connectivity index (χ0v) is 19.7. The maximum Gasteiger partial charge on any atom is 0.433 e. The van der Waals surface area contributed by atoms with Crippen molar-refractivity contribution in [3.63, 3.8) is 0 Å². The Morgan fingerprint density at radius 1 is 1.18 bits per heavy atom. The molecule has 0 radical (unpaired) electrons. The molecule has 0 spiro atoms. The number of aliphatic hydroxyl groups excluding tert-OH is 2. The van der Waals surface area contributed by atoms with Gasteiger partial charge in [0.1, 0.15) is 5.82 Å². The van der Waals surface area contributed by atoms with Crippen molar-refractivity contribution in [1.29, 1.82) is 0 Å². The fourth-order valence-corrected chi connectivity index (χ4v) is 4.97. The van der Waals surface area contributed by atoms with Gasteiger partial charge in [0.05, 0.1) is 24.2 Å². The lowest BCUT2D eigenvalue weighted by molar-refractivity contribution is -0.142. The lowest BCUT2D eigenvalue weighted by Gasteiger charge is -2.44. The average Bonchev–Trinajstić information content (AvgIpc) is 2.76. The molecule has 0 amide bonds. The van der Waals surface area contributed by atoms with E-state index in [9.17, 15) is 36.2 Å². The Kier molecular flexibility index (Phi) is 7.39. The van der Waals surface area contributed by atoms with E-state index in [2.05, 4.69) is 9.97 Å². The van der Waals surface area contributed by atoms with E-state index in [0.717, 1.165) is 18.5 Å². The summed E-state index contributed by atoms with van der Waals surface area (Å²) in [6.45, 7) is 2.77. The highest BCUT2D eigenvalue weighted by Crippen LogP contribution is 2.34. The van der Waals surface area contributed by atoms with Crippen LogP contribution in [-0.2, 0) is 29.2 Å². The van der Waals surface area contributed by atoms with E-state index in [1.807, 2.05) is 13.8 Å². The van der Waals surface area contributed by atoms with Gasteiger partial charge in [0.15, 0.2) is 15.5 Å². The van der Waals surface area contributed by atoms with Crippen molar-refractivity contribution < 1.29 is 36.2 Å². The summed E-state index contributed by atoms with van der Waals surface area (Å²) in [7, 11) is -3.82. The van der Waals surface area contributed by atoms with Gasteiger partial charge < -0.3 is 20.0 Å². The summed E-state index contributed by atoms with van der Waals surface area (Å²) in [6.07, 6.45) is -2.89. The molecule has 8 nitrogen and oxygen atoms in total. The van der Waals surface area contributed by atoms with Gasteiger partial charge in [0.25, 0.3) is 0 Å². The first-order valence-electron chi connectivity index (χ1n) is 10.5. The number of alkyl halides is 3.